The molecule has 0 bridgehead atoms. The van der Waals surface area contributed by atoms with E-state index >= 15 is 0 Å². The summed E-state index contributed by atoms with van der Waals surface area (Å²) in [6.45, 7) is 6.39. The van der Waals surface area contributed by atoms with Gasteiger partial charge in [0.25, 0.3) is 0 Å². The summed E-state index contributed by atoms with van der Waals surface area (Å²) in [5, 5.41) is 7.86. The van der Waals surface area contributed by atoms with Gasteiger partial charge in [-0.3, -0.25) is 4.68 Å². The zero-order valence-electron chi connectivity index (χ0n) is 11.8. The van der Waals surface area contributed by atoms with Gasteiger partial charge in [-0.2, -0.15) is 5.10 Å². The highest BCUT2D eigenvalue weighted by Crippen LogP contribution is 2.25. The molecule has 1 unspecified atom stereocenters. The fraction of sp³-hybridized carbons (Fsp3) is 0.571. The molecule has 1 atom stereocenters. The summed E-state index contributed by atoms with van der Waals surface area (Å²) >= 11 is 0. The molecule has 1 saturated heterocycles. The molecule has 2 aromatic rings. The van der Waals surface area contributed by atoms with Crippen molar-refractivity contribution in [1.29, 1.82) is 0 Å². The van der Waals surface area contributed by atoms with Crippen molar-refractivity contribution < 1.29 is 0 Å². The monoisotopic (exact) mass is 259 g/mol. The maximum Gasteiger partial charge on any atom is 0.106 e. The number of aryl methyl sites for hydroxylation is 2. The Bertz CT molecular complexity index is 575. The van der Waals surface area contributed by atoms with E-state index < -0.39 is 0 Å². The molecule has 0 aliphatic carbocycles. The Labute approximate surface area is 113 Å². The van der Waals surface area contributed by atoms with Crippen LogP contribution in [0.2, 0.25) is 0 Å². The fourth-order valence-electron chi connectivity index (χ4n) is 2.92. The topological polar surface area (TPSA) is 58.5 Å². The van der Waals surface area contributed by atoms with Gasteiger partial charge in [-0.15, -0.1) is 0 Å². The number of imidazole rings is 1. The summed E-state index contributed by atoms with van der Waals surface area (Å²) in [6, 6.07) is 0. The standard InChI is InChI=1S/C14H21N5/c1-9-14(10(2)19(3)18-9)12-8-16-13(17-12)6-11-4-5-15-7-11/h8,11,15H,4-7H2,1-3H3,(H,16,17). The number of aromatic amines is 1. The van der Waals surface area contributed by atoms with Crippen LogP contribution in [0.1, 0.15) is 23.6 Å². The molecule has 19 heavy (non-hydrogen) atoms. The highest BCUT2D eigenvalue weighted by molar-refractivity contribution is 5.64. The van der Waals surface area contributed by atoms with Crippen molar-refractivity contribution in [1.82, 2.24) is 25.1 Å². The fourth-order valence-corrected chi connectivity index (χ4v) is 2.92. The first-order valence-electron chi connectivity index (χ1n) is 6.90. The van der Waals surface area contributed by atoms with Gasteiger partial charge in [0.05, 0.1) is 17.6 Å². The molecular weight excluding hydrogens is 238 g/mol. The van der Waals surface area contributed by atoms with E-state index in [-0.39, 0.29) is 0 Å². The van der Waals surface area contributed by atoms with E-state index in [4.69, 9.17) is 0 Å². The minimum absolute atomic E-state index is 0.718. The second kappa shape index (κ2) is 4.81. The highest BCUT2D eigenvalue weighted by atomic mass is 15.3. The minimum atomic E-state index is 0.718. The van der Waals surface area contributed by atoms with Gasteiger partial charge in [-0.25, -0.2) is 4.98 Å². The van der Waals surface area contributed by atoms with Crippen LogP contribution in [0.25, 0.3) is 11.3 Å². The zero-order chi connectivity index (χ0) is 13.4. The maximum atomic E-state index is 4.53. The molecule has 3 rings (SSSR count). The Morgan fingerprint density at radius 3 is 2.89 bits per heavy atom. The lowest BCUT2D eigenvalue weighted by molar-refractivity contribution is 0.565. The van der Waals surface area contributed by atoms with Gasteiger partial charge in [0.2, 0.25) is 0 Å². The molecule has 0 saturated carbocycles. The average molecular weight is 259 g/mol. The Kier molecular flexibility index (Phi) is 3.14. The molecule has 5 nitrogen and oxygen atoms in total. The molecule has 1 aliphatic rings. The molecule has 2 N–H and O–H groups in total. The number of hydrogen-bond acceptors (Lipinski definition) is 3. The predicted octanol–water partition coefficient (Wildman–Crippen LogP) is 1.58. The van der Waals surface area contributed by atoms with Crippen molar-refractivity contribution in [3.05, 3.63) is 23.4 Å². The van der Waals surface area contributed by atoms with Crippen LogP contribution < -0.4 is 5.32 Å². The first-order chi connectivity index (χ1) is 9.15. The molecule has 0 amide bonds. The summed E-state index contributed by atoms with van der Waals surface area (Å²) in [7, 11) is 1.98. The molecule has 1 aliphatic heterocycles. The van der Waals surface area contributed by atoms with Crippen LogP contribution in [0.3, 0.4) is 0 Å². The summed E-state index contributed by atoms with van der Waals surface area (Å²) < 4.78 is 1.92. The van der Waals surface area contributed by atoms with E-state index in [1.165, 1.54) is 17.7 Å². The molecule has 0 spiro atoms. The second-order valence-corrected chi connectivity index (χ2v) is 5.48. The molecule has 1 fully saturated rings. The van der Waals surface area contributed by atoms with Crippen molar-refractivity contribution >= 4 is 0 Å². The summed E-state index contributed by atoms with van der Waals surface area (Å²) in [4.78, 5) is 7.99. The van der Waals surface area contributed by atoms with Crippen LogP contribution in [0, 0.1) is 19.8 Å². The van der Waals surface area contributed by atoms with E-state index in [1.807, 2.05) is 24.9 Å². The van der Waals surface area contributed by atoms with Crippen LogP contribution in [0.4, 0.5) is 0 Å². The van der Waals surface area contributed by atoms with Gasteiger partial charge >= 0.3 is 0 Å². The molecule has 0 aromatic carbocycles. The summed E-state index contributed by atoms with van der Waals surface area (Å²) in [6.07, 6.45) is 4.22. The molecule has 2 aromatic heterocycles. The minimum Gasteiger partial charge on any atom is -0.342 e. The maximum absolute atomic E-state index is 4.53. The van der Waals surface area contributed by atoms with Gasteiger partial charge in [0.15, 0.2) is 0 Å². The smallest absolute Gasteiger partial charge is 0.106 e. The Morgan fingerprint density at radius 2 is 2.26 bits per heavy atom. The van der Waals surface area contributed by atoms with E-state index in [1.54, 1.807) is 0 Å². The van der Waals surface area contributed by atoms with Crippen molar-refractivity contribution in [3.8, 4) is 11.3 Å². The zero-order valence-corrected chi connectivity index (χ0v) is 11.8. The average Bonchev–Trinajstić information content (AvgIpc) is 3.05. The third-order valence-corrected chi connectivity index (χ3v) is 4.05. The lowest BCUT2D eigenvalue weighted by Crippen LogP contribution is -2.11. The van der Waals surface area contributed by atoms with Crippen LogP contribution in [-0.4, -0.2) is 32.8 Å². The van der Waals surface area contributed by atoms with Crippen LogP contribution >= 0.6 is 0 Å². The lowest BCUT2D eigenvalue weighted by Gasteiger charge is -2.04. The van der Waals surface area contributed by atoms with Gasteiger partial charge in [0.1, 0.15) is 5.82 Å². The summed E-state index contributed by atoms with van der Waals surface area (Å²) in [5.74, 6) is 1.81. The van der Waals surface area contributed by atoms with Gasteiger partial charge in [0, 0.05) is 24.7 Å². The number of nitrogens with zero attached hydrogens (tertiary/aromatic N) is 3. The number of rotatable bonds is 3. The molecule has 5 heteroatoms. The molecular formula is C14H21N5. The van der Waals surface area contributed by atoms with Crippen molar-refractivity contribution in [2.45, 2.75) is 26.7 Å². The molecule has 3 heterocycles. The van der Waals surface area contributed by atoms with E-state index in [0.29, 0.717) is 0 Å². The number of nitrogens with one attached hydrogen (secondary N) is 2. The molecule has 0 radical (unpaired) electrons. The van der Waals surface area contributed by atoms with Crippen molar-refractivity contribution in [2.75, 3.05) is 13.1 Å². The first kappa shape index (κ1) is 12.4. The van der Waals surface area contributed by atoms with Crippen molar-refractivity contribution in [3.63, 3.8) is 0 Å². The van der Waals surface area contributed by atoms with Crippen molar-refractivity contribution in [2.24, 2.45) is 13.0 Å². The lowest BCUT2D eigenvalue weighted by atomic mass is 10.1. The normalized spacial score (nSPS) is 19.2. The van der Waals surface area contributed by atoms with Gasteiger partial charge in [-0.1, -0.05) is 0 Å². The van der Waals surface area contributed by atoms with Gasteiger partial charge in [-0.05, 0) is 39.3 Å². The third-order valence-electron chi connectivity index (χ3n) is 4.05. The Balaban J connectivity index is 1.84. The highest BCUT2D eigenvalue weighted by Gasteiger charge is 2.18. The third kappa shape index (κ3) is 2.30. The number of aromatic nitrogens is 4. The second-order valence-electron chi connectivity index (χ2n) is 5.48. The van der Waals surface area contributed by atoms with Gasteiger partial charge < -0.3 is 10.3 Å². The van der Waals surface area contributed by atoms with E-state index in [0.717, 1.165) is 42.6 Å². The molecule has 102 valence electrons. The quantitative estimate of drug-likeness (QED) is 0.880. The summed E-state index contributed by atoms with van der Waals surface area (Å²) in [5.41, 5.74) is 4.50. The SMILES string of the molecule is Cc1nn(C)c(C)c1-c1cnc(CC2CCNC2)[nH]1. The Hall–Kier alpha value is -1.62. The Morgan fingerprint density at radius 1 is 1.42 bits per heavy atom. The van der Waals surface area contributed by atoms with Crippen LogP contribution in [0.5, 0.6) is 0 Å². The predicted molar refractivity (Wildman–Crippen MR) is 74.9 cm³/mol. The number of hydrogen-bond donors (Lipinski definition) is 2. The largest absolute Gasteiger partial charge is 0.342 e. The van der Waals surface area contributed by atoms with E-state index in [9.17, 15) is 0 Å². The first-order valence-corrected chi connectivity index (χ1v) is 6.90. The van der Waals surface area contributed by atoms with Crippen LogP contribution in [-0.2, 0) is 13.5 Å². The number of H-pyrrole nitrogens is 1. The van der Waals surface area contributed by atoms with E-state index in [2.05, 4.69) is 27.3 Å². The van der Waals surface area contributed by atoms with Crippen LogP contribution in [0.15, 0.2) is 6.20 Å².